The molecule has 0 aliphatic heterocycles. The van der Waals surface area contributed by atoms with Crippen molar-refractivity contribution in [3.8, 4) is 17.0 Å². The average molecular weight is 465 g/mol. The molecule has 0 saturated heterocycles. The van der Waals surface area contributed by atoms with Gasteiger partial charge in [-0.05, 0) is 71.0 Å². The van der Waals surface area contributed by atoms with Crippen molar-refractivity contribution in [2.75, 3.05) is 37.8 Å². The molecule has 0 atom stereocenters. The van der Waals surface area contributed by atoms with Crippen LogP contribution in [0, 0.1) is 0 Å². The second kappa shape index (κ2) is 10.4. The summed E-state index contributed by atoms with van der Waals surface area (Å²) in [6, 6.07) is 14.4. The van der Waals surface area contributed by atoms with Crippen LogP contribution in [0.4, 0.5) is 16.2 Å². The van der Waals surface area contributed by atoms with E-state index in [-0.39, 0.29) is 6.10 Å². The zero-order valence-corrected chi connectivity index (χ0v) is 20.6. The SMILES string of the molecule is CCN(C)CCOc1ccc2c(N)c(-c3ccc(NC(=O)OC(C)C)cc3)n(C3CCC3)c2c1. The van der Waals surface area contributed by atoms with Gasteiger partial charge in [0.2, 0.25) is 0 Å². The lowest BCUT2D eigenvalue weighted by Crippen LogP contribution is -2.23. The van der Waals surface area contributed by atoms with Crippen molar-refractivity contribution < 1.29 is 14.3 Å². The van der Waals surface area contributed by atoms with Crippen LogP contribution in [-0.4, -0.2) is 48.4 Å². The molecule has 1 amide bonds. The Balaban J connectivity index is 1.64. The Hall–Kier alpha value is -3.19. The molecule has 34 heavy (non-hydrogen) atoms. The topological polar surface area (TPSA) is 81.8 Å². The number of hydrogen-bond donors (Lipinski definition) is 2. The van der Waals surface area contributed by atoms with E-state index >= 15 is 0 Å². The van der Waals surface area contributed by atoms with Gasteiger partial charge in [-0.3, -0.25) is 5.32 Å². The third kappa shape index (κ3) is 5.14. The van der Waals surface area contributed by atoms with Gasteiger partial charge in [0.25, 0.3) is 0 Å². The number of amides is 1. The lowest BCUT2D eigenvalue weighted by Gasteiger charge is -2.30. The minimum Gasteiger partial charge on any atom is -0.492 e. The van der Waals surface area contributed by atoms with Crippen LogP contribution in [0.15, 0.2) is 42.5 Å². The number of fused-ring (bicyclic) bond motifs is 1. The number of hydrogen-bond acceptors (Lipinski definition) is 5. The van der Waals surface area contributed by atoms with Crippen molar-refractivity contribution in [1.29, 1.82) is 0 Å². The van der Waals surface area contributed by atoms with Crippen LogP contribution < -0.4 is 15.8 Å². The van der Waals surface area contributed by atoms with Crippen LogP contribution in [0.1, 0.15) is 46.1 Å². The van der Waals surface area contributed by atoms with E-state index in [0.717, 1.165) is 59.5 Å². The fourth-order valence-corrected chi connectivity index (χ4v) is 4.28. The molecule has 0 radical (unpaired) electrons. The van der Waals surface area contributed by atoms with Gasteiger partial charge < -0.3 is 24.7 Å². The van der Waals surface area contributed by atoms with E-state index in [1.54, 1.807) is 0 Å². The summed E-state index contributed by atoms with van der Waals surface area (Å²) in [5, 5.41) is 3.82. The summed E-state index contributed by atoms with van der Waals surface area (Å²) in [4.78, 5) is 14.2. The number of nitrogens with one attached hydrogen (secondary N) is 1. The summed E-state index contributed by atoms with van der Waals surface area (Å²) in [5.74, 6) is 0.866. The summed E-state index contributed by atoms with van der Waals surface area (Å²) >= 11 is 0. The van der Waals surface area contributed by atoms with Crippen molar-refractivity contribution in [2.24, 2.45) is 0 Å². The number of benzene rings is 2. The molecule has 0 spiro atoms. The molecule has 7 nitrogen and oxygen atoms in total. The molecule has 4 rings (SSSR count). The van der Waals surface area contributed by atoms with Gasteiger partial charge in [0.1, 0.15) is 12.4 Å². The van der Waals surface area contributed by atoms with Gasteiger partial charge in [0.05, 0.1) is 23.0 Å². The first-order chi connectivity index (χ1) is 16.4. The van der Waals surface area contributed by atoms with Crippen LogP contribution in [0.25, 0.3) is 22.2 Å². The largest absolute Gasteiger partial charge is 0.492 e. The van der Waals surface area contributed by atoms with E-state index in [1.807, 2.05) is 44.2 Å². The average Bonchev–Trinajstić information content (AvgIpc) is 3.04. The van der Waals surface area contributed by atoms with Gasteiger partial charge in [-0.15, -0.1) is 0 Å². The summed E-state index contributed by atoms with van der Waals surface area (Å²) < 4.78 is 13.6. The van der Waals surface area contributed by atoms with Crippen LogP contribution in [-0.2, 0) is 4.74 Å². The van der Waals surface area contributed by atoms with Gasteiger partial charge in [-0.1, -0.05) is 19.1 Å². The van der Waals surface area contributed by atoms with Gasteiger partial charge in [-0.2, -0.15) is 0 Å². The predicted octanol–water partition coefficient (Wildman–Crippen LogP) is 5.90. The fraction of sp³-hybridized carbons (Fsp3) is 0.444. The van der Waals surface area contributed by atoms with Crippen LogP contribution in [0.2, 0.25) is 0 Å². The molecule has 3 N–H and O–H groups in total. The molecule has 1 aromatic heterocycles. The lowest BCUT2D eigenvalue weighted by molar-refractivity contribution is 0.130. The minimum absolute atomic E-state index is 0.168. The Morgan fingerprint density at radius 2 is 1.94 bits per heavy atom. The normalized spacial score (nSPS) is 13.9. The second-order valence-corrected chi connectivity index (χ2v) is 9.30. The Kier molecular flexibility index (Phi) is 7.32. The highest BCUT2D eigenvalue weighted by atomic mass is 16.6. The molecule has 1 heterocycles. The lowest BCUT2D eigenvalue weighted by atomic mass is 9.92. The molecule has 7 heteroatoms. The van der Waals surface area contributed by atoms with Crippen LogP contribution >= 0.6 is 0 Å². The maximum atomic E-state index is 11.9. The maximum Gasteiger partial charge on any atom is 0.411 e. The summed E-state index contributed by atoms with van der Waals surface area (Å²) in [6.45, 7) is 8.32. The molecule has 1 aliphatic carbocycles. The number of nitrogens with two attached hydrogens (primary N) is 1. The Morgan fingerprint density at radius 1 is 1.21 bits per heavy atom. The number of aromatic nitrogens is 1. The molecular weight excluding hydrogens is 428 g/mol. The third-order valence-corrected chi connectivity index (χ3v) is 6.48. The fourth-order valence-electron chi connectivity index (χ4n) is 4.28. The molecule has 1 fully saturated rings. The summed E-state index contributed by atoms with van der Waals surface area (Å²) in [6.07, 6.45) is 2.89. The quantitative estimate of drug-likeness (QED) is 0.412. The number of ether oxygens (including phenoxy) is 2. The number of nitrogen functional groups attached to an aromatic ring is 1. The van der Waals surface area contributed by atoms with E-state index in [0.29, 0.717) is 18.3 Å². The maximum absolute atomic E-state index is 11.9. The van der Waals surface area contributed by atoms with Crippen molar-refractivity contribution in [1.82, 2.24) is 9.47 Å². The highest BCUT2D eigenvalue weighted by molar-refractivity contribution is 6.01. The number of rotatable bonds is 9. The molecule has 1 aliphatic rings. The van der Waals surface area contributed by atoms with Gasteiger partial charge in [0, 0.05) is 35.3 Å². The first kappa shape index (κ1) is 24.0. The van der Waals surface area contributed by atoms with Gasteiger partial charge >= 0.3 is 6.09 Å². The highest BCUT2D eigenvalue weighted by Crippen LogP contribution is 2.44. The minimum atomic E-state index is -0.455. The molecule has 2 aromatic carbocycles. The molecule has 0 unspecified atom stereocenters. The van der Waals surface area contributed by atoms with E-state index < -0.39 is 6.09 Å². The Morgan fingerprint density at radius 3 is 2.56 bits per heavy atom. The Bertz CT molecular complexity index is 1130. The smallest absolute Gasteiger partial charge is 0.411 e. The predicted molar refractivity (Wildman–Crippen MR) is 139 cm³/mol. The molecule has 1 saturated carbocycles. The molecule has 182 valence electrons. The summed E-state index contributed by atoms with van der Waals surface area (Å²) in [5.41, 5.74) is 11.3. The standard InChI is InChI=1S/C27H36N4O3/c1-5-30(4)15-16-33-22-13-14-23-24(17-22)31(21-7-6-8-21)26(25(23)28)19-9-11-20(12-10-19)29-27(32)34-18(2)3/h9-14,17-18,21H,5-8,15-16,28H2,1-4H3,(H,29,32). The number of carbonyl (C=O) groups is 1. The van der Waals surface area contributed by atoms with Gasteiger partial charge in [0.15, 0.2) is 0 Å². The molecule has 0 bridgehead atoms. The summed E-state index contributed by atoms with van der Waals surface area (Å²) in [7, 11) is 2.09. The van der Waals surface area contributed by atoms with Gasteiger partial charge in [-0.25, -0.2) is 4.79 Å². The van der Waals surface area contributed by atoms with E-state index in [4.69, 9.17) is 15.2 Å². The zero-order valence-electron chi connectivity index (χ0n) is 20.6. The zero-order chi connectivity index (χ0) is 24.2. The van der Waals surface area contributed by atoms with Crippen molar-refractivity contribution in [3.05, 3.63) is 42.5 Å². The highest BCUT2D eigenvalue weighted by Gasteiger charge is 2.27. The second-order valence-electron chi connectivity index (χ2n) is 9.30. The van der Waals surface area contributed by atoms with Crippen molar-refractivity contribution in [3.63, 3.8) is 0 Å². The number of carbonyl (C=O) groups excluding carboxylic acids is 1. The monoisotopic (exact) mass is 464 g/mol. The first-order valence-corrected chi connectivity index (χ1v) is 12.2. The van der Waals surface area contributed by atoms with Crippen molar-refractivity contribution >= 4 is 28.4 Å². The number of anilines is 2. The molecule has 3 aromatic rings. The van der Waals surface area contributed by atoms with E-state index in [9.17, 15) is 4.79 Å². The van der Waals surface area contributed by atoms with Crippen molar-refractivity contribution in [2.45, 2.75) is 52.2 Å². The van der Waals surface area contributed by atoms with Crippen LogP contribution in [0.5, 0.6) is 5.75 Å². The van der Waals surface area contributed by atoms with E-state index in [2.05, 4.69) is 40.9 Å². The third-order valence-electron chi connectivity index (χ3n) is 6.48. The number of nitrogens with zero attached hydrogens (tertiary/aromatic N) is 2. The van der Waals surface area contributed by atoms with E-state index in [1.165, 1.54) is 6.42 Å². The first-order valence-electron chi connectivity index (χ1n) is 12.2. The number of likely N-dealkylation sites (N-methyl/N-ethyl adjacent to an activating group) is 1. The molecular formula is C27H36N4O3. The van der Waals surface area contributed by atoms with Crippen LogP contribution in [0.3, 0.4) is 0 Å². The Labute approximate surface area is 201 Å².